The van der Waals surface area contributed by atoms with Crippen LogP contribution in [0.15, 0.2) is 12.1 Å². The highest BCUT2D eigenvalue weighted by molar-refractivity contribution is 6.36. The molecule has 2 nitrogen and oxygen atoms in total. The Morgan fingerprint density at radius 1 is 1.22 bits per heavy atom. The number of aromatic nitrogens is 1. The largest absolute Gasteiger partial charge is 0.384 e. The van der Waals surface area contributed by atoms with Crippen molar-refractivity contribution in [3.8, 4) is 0 Å². The summed E-state index contributed by atoms with van der Waals surface area (Å²) >= 11 is 6.37. The van der Waals surface area contributed by atoms with Crippen molar-refractivity contribution in [2.24, 2.45) is 0 Å². The fourth-order valence-corrected chi connectivity index (χ4v) is 2.67. The van der Waals surface area contributed by atoms with Crippen molar-refractivity contribution in [2.45, 2.75) is 34.1 Å². The second-order valence-electron chi connectivity index (χ2n) is 4.52. The maximum Gasteiger partial charge on any atom is 0.0770 e. The summed E-state index contributed by atoms with van der Waals surface area (Å²) in [5.41, 5.74) is 5.67. The van der Waals surface area contributed by atoms with Gasteiger partial charge in [-0.3, -0.25) is 4.98 Å². The van der Waals surface area contributed by atoms with E-state index in [9.17, 15) is 0 Å². The molecule has 0 atom stereocenters. The van der Waals surface area contributed by atoms with Crippen molar-refractivity contribution in [1.82, 2.24) is 4.98 Å². The summed E-state index contributed by atoms with van der Waals surface area (Å²) in [7, 11) is 0. The Morgan fingerprint density at radius 2 is 1.94 bits per heavy atom. The van der Waals surface area contributed by atoms with Crippen molar-refractivity contribution >= 4 is 28.2 Å². The highest BCUT2D eigenvalue weighted by Gasteiger charge is 2.14. The standard InChI is InChI=1S/C15H19ClN2/c1-5-11-10(4)18-14-9(3)7-8-12(16)13(14)15(11)17-6-2/h7-8H,5-6H2,1-4H3,(H,17,18). The zero-order chi connectivity index (χ0) is 13.3. The fourth-order valence-electron chi connectivity index (χ4n) is 2.42. The molecule has 0 unspecified atom stereocenters. The topological polar surface area (TPSA) is 24.9 Å². The van der Waals surface area contributed by atoms with Gasteiger partial charge in [-0.15, -0.1) is 0 Å². The van der Waals surface area contributed by atoms with Gasteiger partial charge in [0.2, 0.25) is 0 Å². The van der Waals surface area contributed by atoms with Crippen LogP contribution in [-0.2, 0) is 6.42 Å². The summed E-state index contributed by atoms with van der Waals surface area (Å²) in [4.78, 5) is 4.73. The van der Waals surface area contributed by atoms with Crippen LogP contribution < -0.4 is 5.32 Å². The molecule has 0 saturated heterocycles. The van der Waals surface area contributed by atoms with E-state index in [4.69, 9.17) is 16.6 Å². The van der Waals surface area contributed by atoms with Gasteiger partial charge in [-0.2, -0.15) is 0 Å². The Bertz CT molecular complexity index is 591. The first-order valence-corrected chi connectivity index (χ1v) is 6.80. The van der Waals surface area contributed by atoms with Gasteiger partial charge in [0.1, 0.15) is 0 Å². The number of benzene rings is 1. The first-order chi connectivity index (χ1) is 8.60. The maximum absolute atomic E-state index is 6.37. The van der Waals surface area contributed by atoms with Crippen LogP contribution in [0.4, 0.5) is 5.69 Å². The summed E-state index contributed by atoms with van der Waals surface area (Å²) < 4.78 is 0. The van der Waals surface area contributed by atoms with Crippen molar-refractivity contribution in [3.05, 3.63) is 34.0 Å². The highest BCUT2D eigenvalue weighted by Crippen LogP contribution is 2.35. The third kappa shape index (κ3) is 2.05. The van der Waals surface area contributed by atoms with Crippen LogP contribution in [0.1, 0.15) is 30.7 Å². The smallest absolute Gasteiger partial charge is 0.0770 e. The Labute approximate surface area is 113 Å². The van der Waals surface area contributed by atoms with Crippen molar-refractivity contribution < 1.29 is 0 Å². The zero-order valence-electron chi connectivity index (χ0n) is 11.4. The first kappa shape index (κ1) is 13.2. The van der Waals surface area contributed by atoms with E-state index in [1.165, 1.54) is 11.1 Å². The van der Waals surface area contributed by atoms with Crippen molar-refractivity contribution in [1.29, 1.82) is 0 Å². The molecule has 18 heavy (non-hydrogen) atoms. The molecule has 0 aliphatic carbocycles. The number of fused-ring (bicyclic) bond motifs is 1. The molecule has 2 aromatic rings. The third-order valence-corrected chi connectivity index (χ3v) is 3.62. The zero-order valence-corrected chi connectivity index (χ0v) is 12.2. The minimum absolute atomic E-state index is 0.772. The van der Waals surface area contributed by atoms with Gasteiger partial charge >= 0.3 is 0 Å². The van der Waals surface area contributed by atoms with E-state index in [0.717, 1.165) is 40.3 Å². The molecule has 0 amide bonds. The van der Waals surface area contributed by atoms with E-state index in [0.29, 0.717) is 0 Å². The lowest BCUT2D eigenvalue weighted by molar-refractivity contribution is 1.05. The molecule has 0 fully saturated rings. The Kier molecular flexibility index (Phi) is 3.76. The molecule has 0 bridgehead atoms. The van der Waals surface area contributed by atoms with Gasteiger partial charge in [0.05, 0.1) is 16.2 Å². The number of pyridine rings is 1. The second-order valence-corrected chi connectivity index (χ2v) is 4.93. The molecule has 0 spiro atoms. The van der Waals surface area contributed by atoms with Crippen molar-refractivity contribution in [2.75, 3.05) is 11.9 Å². The monoisotopic (exact) mass is 262 g/mol. The van der Waals surface area contributed by atoms with Gasteiger partial charge in [-0.1, -0.05) is 24.6 Å². The number of aryl methyl sites for hydroxylation is 2. The normalized spacial score (nSPS) is 10.9. The number of hydrogen-bond acceptors (Lipinski definition) is 2. The number of halogens is 1. The minimum atomic E-state index is 0.772. The Morgan fingerprint density at radius 3 is 2.56 bits per heavy atom. The van der Waals surface area contributed by atoms with Crippen LogP contribution in [0.25, 0.3) is 10.9 Å². The van der Waals surface area contributed by atoms with Crippen LogP contribution in [-0.4, -0.2) is 11.5 Å². The molecule has 0 aliphatic rings. The molecular weight excluding hydrogens is 244 g/mol. The number of hydrogen-bond donors (Lipinski definition) is 1. The molecule has 1 heterocycles. The lowest BCUT2D eigenvalue weighted by Crippen LogP contribution is -2.05. The lowest BCUT2D eigenvalue weighted by atomic mass is 10.0. The first-order valence-electron chi connectivity index (χ1n) is 6.42. The van der Waals surface area contributed by atoms with Gasteiger partial charge in [-0.25, -0.2) is 0 Å². The van der Waals surface area contributed by atoms with E-state index in [2.05, 4.69) is 33.0 Å². The number of nitrogens with zero attached hydrogens (tertiary/aromatic N) is 1. The predicted molar refractivity (Wildman–Crippen MR) is 79.8 cm³/mol. The van der Waals surface area contributed by atoms with Gasteiger partial charge in [-0.05, 0) is 44.4 Å². The van der Waals surface area contributed by atoms with E-state index in [1.54, 1.807) is 0 Å². The van der Waals surface area contributed by atoms with Gasteiger partial charge in [0.15, 0.2) is 0 Å². The van der Waals surface area contributed by atoms with E-state index < -0.39 is 0 Å². The van der Waals surface area contributed by atoms with Crippen LogP contribution >= 0.6 is 11.6 Å². The van der Waals surface area contributed by atoms with Crippen molar-refractivity contribution in [3.63, 3.8) is 0 Å². The molecule has 2 rings (SSSR count). The molecule has 1 aromatic carbocycles. The number of nitrogens with one attached hydrogen (secondary N) is 1. The van der Waals surface area contributed by atoms with Crippen LogP contribution in [0, 0.1) is 13.8 Å². The average Bonchev–Trinajstić information content (AvgIpc) is 2.34. The molecule has 1 N–H and O–H groups in total. The Balaban J connectivity index is 2.91. The van der Waals surface area contributed by atoms with Gasteiger partial charge in [0.25, 0.3) is 0 Å². The third-order valence-electron chi connectivity index (χ3n) is 3.30. The summed E-state index contributed by atoms with van der Waals surface area (Å²) in [6.07, 6.45) is 0.960. The summed E-state index contributed by atoms with van der Waals surface area (Å²) in [5, 5.41) is 5.28. The molecule has 3 heteroatoms. The minimum Gasteiger partial charge on any atom is -0.384 e. The van der Waals surface area contributed by atoms with Gasteiger partial charge in [0, 0.05) is 17.6 Å². The number of rotatable bonds is 3. The summed E-state index contributed by atoms with van der Waals surface area (Å²) in [6.45, 7) is 9.28. The van der Waals surface area contributed by atoms with Crippen LogP contribution in [0.3, 0.4) is 0 Å². The molecule has 1 aromatic heterocycles. The van der Waals surface area contributed by atoms with E-state index >= 15 is 0 Å². The quantitative estimate of drug-likeness (QED) is 0.881. The second kappa shape index (κ2) is 5.15. The molecule has 0 saturated carbocycles. The molecule has 96 valence electrons. The Hall–Kier alpha value is -1.28. The lowest BCUT2D eigenvalue weighted by Gasteiger charge is -2.17. The SMILES string of the molecule is CCNc1c(CC)c(C)nc2c(C)ccc(Cl)c12. The summed E-state index contributed by atoms with van der Waals surface area (Å²) in [6, 6.07) is 3.98. The van der Waals surface area contributed by atoms with Crippen LogP contribution in [0.2, 0.25) is 5.02 Å². The number of anilines is 1. The van der Waals surface area contributed by atoms with Crippen LogP contribution in [0.5, 0.6) is 0 Å². The molecule has 0 radical (unpaired) electrons. The van der Waals surface area contributed by atoms with E-state index in [1.807, 2.05) is 12.1 Å². The highest BCUT2D eigenvalue weighted by atomic mass is 35.5. The van der Waals surface area contributed by atoms with E-state index in [-0.39, 0.29) is 0 Å². The molecular formula is C15H19ClN2. The predicted octanol–water partition coefficient (Wildman–Crippen LogP) is 4.50. The van der Waals surface area contributed by atoms with Gasteiger partial charge < -0.3 is 5.32 Å². The summed E-state index contributed by atoms with van der Waals surface area (Å²) in [5.74, 6) is 0. The average molecular weight is 263 g/mol. The fraction of sp³-hybridized carbons (Fsp3) is 0.400. The molecule has 0 aliphatic heterocycles. The maximum atomic E-state index is 6.37.